The molecule has 6 nitrogen and oxygen atoms in total. The Bertz CT molecular complexity index is 684. The molecule has 3 unspecified atom stereocenters. The zero-order valence-electron chi connectivity index (χ0n) is 13.0. The van der Waals surface area contributed by atoms with Gasteiger partial charge in [-0.3, -0.25) is 0 Å². The van der Waals surface area contributed by atoms with Crippen LogP contribution in [0.2, 0.25) is 0 Å². The fourth-order valence-corrected chi connectivity index (χ4v) is 3.92. The van der Waals surface area contributed by atoms with Gasteiger partial charge in [0, 0.05) is 31.2 Å². The molecule has 2 N–H and O–H groups in total. The van der Waals surface area contributed by atoms with Crippen molar-refractivity contribution in [1.29, 1.82) is 0 Å². The molecule has 120 valence electrons. The number of urea groups is 1. The largest absolute Gasteiger partial charge is 0.335 e. The van der Waals surface area contributed by atoms with Crippen LogP contribution in [0.1, 0.15) is 31.2 Å². The second kappa shape index (κ2) is 6.02. The molecular formula is C17H21N5O. The summed E-state index contributed by atoms with van der Waals surface area (Å²) in [6, 6.07) is 6.00. The van der Waals surface area contributed by atoms with E-state index in [0.29, 0.717) is 18.5 Å². The summed E-state index contributed by atoms with van der Waals surface area (Å²) < 4.78 is 1.71. The zero-order chi connectivity index (χ0) is 15.6. The number of rotatable bonds is 4. The summed E-state index contributed by atoms with van der Waals surface area (Å²) in [6.07, 6.45) is 10.4. The van der Waals surface area contributed by atoms with Crippen molar-refractivity contribution in [3.05, 3.63) is 42.4 Å². The van der Waals surface area contributed by atoms with Crippen LogP contribution < -0.4 is 10.6 Å². The fourth-order valence-electron chi connectivity index (χ4n) is 3.92. The number of hydrogen-bond acceptors (Lipinski definition) is 3. The van der Waals surface area contributed by atoms with Gasteiger partial charge in [-0.15, -0.1) is 0 Å². The number of carbonyl (C=O) groups excluding carboxylic acids is 1. The number of aromatic nitrogens is 3. The SMILES string of the molecule is O=C(NCc1ccnc(-n2cccn2)c1)NC1CC2CCC1C2. The van der Waals surface area contributed by atoms with Gasteiger partial charge in [0.2, 0.25) is 0 Å². The molecule has 23 heavy (non-hydrogen) atoms. The first-order valence-corrected chi connectivity index (χ1v) is 8.27. The quantitative estimate of drug-likeness (QED) is 0.909. The Morgan fingerprint density at radius 2 is 2.26 bits per heavy atom. The van der Waals surface area contributed by atoms with Gasteiger partial charge >= 0.3 is 6.03 Å². The lowest BCUT2D eigenvalue weighted by Crippen LogP contribution is -2.44. The maximum atomic E-state index is 12.1. The van der Waals surface area contributed by atoms with Crippen molar-refractivity contribution in [3.8, 4) is 5.82 Å². The van der Waals surface area contributed by atoms with E-state index in [0.717, 1.165) is 23.7 Å². The van der Waals surface area contributed by atoms with E-state index in [1.807, 2.05) is 24.4 Å². The summed E-state index contributed by atoms with van der Waals surface area (Å²) in [7, 11) is 0. The molecule has 2 aromatic rings. The number of fused-ring (bicyclic) bond motifs is 2. The Morgan fingerprint density at radius 1 is 1.30 bits per heavy atom. The van der Waals surface area contributed by atoms with Crippen molar-refractivity contribution in [1.82, 2.24) is 25.4 Å². The number of nitrogens with zero attached hydrogens (tertiary/aromatic N) is 3. The number of nitrogens with one attached hydrogen (secondary N) is 2. The lowest BCUT2D eigenvalue weighted by Gasteiger charge is -2.23. The summed E-state index contributed by atoms with van der Waals surface area (Å²) in [5.41, 5.74) is 1.01. The molecule has 4 rings (SSSR count). The maximum absolute atomic E-state index is 12.1. The summed E-state index contributed by atoms with van der Waals surface area (Å²) in [5.74, 6) is 2.28. The van der Waals surface area contributed by atoms with Gasteiger partial charge in [-0.05, 0) is 54.9 Å². The minimum Gasteiger partial charge on any atom is -0.335 e. The molecule has 6 heteroatoms. The van der Waals surface area contributed by atoms with Crippen LogP contribution in [0.25, 0.3) is 5.82 Å². The standard InChI is InChI=1S/C17H21N5O/c23-17(21-15-9-12-2-3-14(15)8-12)19-11-13-4-6-18-16(10-13)22-7-1-5-20-22/h1,4-7,10,12,14-15H,2-3,8-9,11H2,(H2,19,21,23). The molecule has 0 aliphatic heterocycles. The first kappa shape index (κ1) is 14.2. The molecule has 0 aromatic carbocycles. The Hall–Kier alpha value is -2.37. The topological polar surface area (TPSA) is 71.8 Å². The molecule has 2 saturated carbocycles. The first-order valence-electron chi connectivity index (χ1n) is 8.27. The van der Waals surface area contributed by atoms with Crippen LogP contribution in [-0.4, -0.2) is 26.8 Å². The molecular weight excluding hydrogens is 290 g/mol. The van der Waals surface area contributed by atoms with Crippen LogP contribution in [0, 0.1) is 11.8 Å². The molecule has 0 saturated heterocycles. The van der Waals surface area contributed by atoms with Crippen molar-refractivity contribution in [3.63, 3.8) is 0 Å². The van der Waals surface area contributed by atoms with Crippen molar-refractivity contribution in [2.45, 2.75) is 38.3 Å². The summed E-state index contributed by atoms with van der Waals surface area (Å²) in [4.78, 5) is 16.4. The van der Waals surface area contributed by atoms with E-state index in [-0.39, 0.29) is 6.03 Å². The van der Waals surface area contributed by atoms with E-state index in [1.165, 1.54) is 19.3 Å². The first-order chi connectivity index (χ1) is 11.3. The average molecular weight is 311 g/mol. The Labute approximate surface area is 135 Å². The molecule has 2 bridgehead atoms. The molecule has 3 atom stereocenters. The molecule has 2 fully saturated rings. The summed E-state index contributed by atoms with van der Waals surface area (Å²) in [5, 5.41) is 10.3. The lowest BCUT2D eigenvalue weighted by molar-refractivity contribution is 0.230. The van der Waals surface area contributed by atoms with Gasteiger partial charge < -0.3 is 10.6 Å². The molecule has 2 amide bonds. The van der Waals surface area contributed by atoms with E-state index in [1.54, 1.807) is 17.1 Å². The lowest BCUT2D eigenvalue weighted by atomic mass is 9.95. The third-order valence-electron chi connectivity index (χ3n) is 5.06. The van der Waals surface area contributed by atoms with Gasteiger partial charge in [0.15, 0.2) is 5.82 Å². The molecule has 2 aromatic heterocycles. The molecule has 0 spiro atoms. The van der Waals surface area contributed by atoms with E-state index < -0.39 is 0 Å². The van der Waals surface area contributed by atoms with Gasteiger partial charge in [-0.25, -0.2) is 14.5 Å². The number of carbonyl (C=O) groups is 1. The van der Waals surface area contributed by atoms with Crippen molar-refractivity contribution in [2.24, 2.45) is 11.8 Å². The highest BCUT2D eigenvalue weighted by Gasteiger charge is 2.40. The van der Waals surface area contributed by atoms with Gasteiger partial charge in [0.25, 0.3) is 0 Å². The maximum Gasteiger partial charge on any atom is 0.315 e. The van der Waals surface area contributed by atoms with E-state index in [9.17, 15) is 4.79 Å². The monoisotopic (exact) mass is 311 g/mol. The summed E-state index contributed by atoms with van der Waals surface area (Å²) >= 11 is 0. The third-order valence-corrected chi connectivity index (χ3v) is 5.06. The zero-order valence-corrected chi connectivity index (χ0v) is 13.0. The van der Waals surface area contributed by atoms with Gasteiger partial charge in [0.1, 0.15) is 0 Å². The minimum atomic E-state index is -0.0694. The second-order valence-corrected chi connectivity index (χ2v) is 6.58. The fraction of sp³-hybridized carbons (Fsp3) is 0.471. The average Bonchev–Trinajstić information content (AvgIpc) is 3.30. The highest BCUT2D eigenvalue weighted by Crippen LogP contribution is 2.44. The van der Waals surface area contributed by atoms with Crippen molar-refractivity contribution in [2.75, 3.05) is 0 Å². The van der Waals surface area contributed by atoms with Gasteiger partial charge in [-0.2, -0.15) is 5.10 Å². The van der Waals surface area contributed by atoms with Gasteiger partial charge in [-0.1, -0.05) is 6.42 Å². The Morgan fingerprint density at radius 3 is 3.00 bits per heavy atom. The van der Waals surface area contributed by atoms with Gasteiger partial charge in [0.05, 0.1) is 0 Å². The van der Waals surface area contributed by atoms with Crippen molar-refractivity contribution >= 4 is 6.03 Å². The Kier molecular flexibility index (Phi) is 3.73. The highest BCUT2D eigenvalue weighted by molar-refractivity contribution is 5.74. The van der Waals surface area contributed by atoms with Crippen LogP contribution in [0.5, 0.6) is 0 Å². The normalized spacial score (nSPS) is 25.5. The van der Waals surface area contributed by atoms with Crippen molar-refractivity contribution < 1.29 is 4.79 Å². The van der Waals surface area contributed by atoms with Crippen LogP contribution in [0.4, 0.5) is 4.79 Å². The predicted octanol–water partition coefficient (Wildman–Crippen LogP) is 2.26. The smallest absolute Gasteiger partial charge is 0.315 e. The highest BCUT2D eigenvalue weighted by atomic mass is 16.2. The third kappa shape index (κ3) is 3.06. The Balaban J connectivity index is 1.32. The minimum absolute atomic E-state index is 0.0694. The predicted molar refractivity (Wildman–Crippen MR) is 86.0 cm³/mol. The van der Waals surface area contributed by atoms with Crippen LogP contribution in [0.3, 0.4) is 0 Å². The molecule has 0 radical (unpaired) electrons. The molecule has 2 heterocycles. The number of amides is 2. The number of hydrogen-bond donors (Lipinski definition) is 2. The van der Waals surface area contributed by atoms with Crippen LogP contribution in [0.15, 0.2) is 36.8 Å². The van der Waals surface area contributed by atoms with Crippen LogP contribution in [-0.2, 0) is 6.54 Å². The van der Waals surface area contributed by atoms with E-state index in [4.69, 9.17) is 0 Å². The number of pyridine rings is 1. The van der Waals surface area contributed by atoms with E-state index in [2.05, 4.69) is 20.7 Å². The van der Waals surface area contributed by atoms with Crippen LogP contribution >= 0.6 is 0 Å². The van der Waals surface area contributed by atoms with E-state index >= 15 is 0 Å². The molecule has 2 aliphatic carbocycles. The summed E-state index contributed by atoms with van der Waals surface area (Å²) in [6.45, 7) is 0.490. The second-order valence-electron chi connectivity index (χ2n) is 6.58. The molecule has 2 aliphatic rings.